The molecule has 0 saturated heterocycles. The topological polar surface area (TPSA) is 33.1 Å². The first-order valence-electron chi connectivity index (χ1n) is 4.83. The van der Waals surface area contributed by atoms with Crippen LogP contribution in [0, 0.1) is 5.92 Å². The van der Waals surface area contributed by atoms with Crippen molar-refractivity contribution < 1.29 is 5.11 Å². The highest BCUT2D eigenvalue weighted by molar-refractivity contribution is 5.06. The van der Waals surface area contributed by atoms with Crippen LogP contribution in [-0.2, 0) is 0 Å². The van der Waals surface area contributed by atoms with E-state index < -0.39 is 6.10 Å². The van der Waals surface area contributed by atoms with Crippen LogP contribution in [0.1, 0.15) is 38.5 Å². The maximum absolute atomic E-state index is 9.76. The first-order chi connectivity index (χ1) is 6.24. The van der Waals surface area contributed by atoms with Crippen molar-refractivity contribution in [3.05, 3.63) is 30.1 Å². The zero-order valence-corrected chi connectivity index (χ0v) is 8.27. The van der Waals surface area contributed by atoms with Crippen LogP contribution in [0.15, 0.2) is 24.4 Å². The summed E-state index contributed by atoms with van der Waals surface area (Å²) in [6.07, 6.45) is 3.21. The van der Waals surface area contributed by atoms with E-state index in [0.717, 1.165) is 18.5 Å². The van der Waals surface area contributed by atoms with Crippen molar-refractivity contribution in [1.29, 1.82) is 0 Å². The van der Waals surface area contributed by atoms with E-state index in [0.29, 0.717) is 5.92 Å². The largest absolute Gasteiger partial charge is 0.387 e. The number of aromatic nitrogens is 1. The highest BCUT2D eigenvalue weighted by Crippen LogP contribution is 2.20. The summed E-state index contributed by atoms with van der Waals surface area (Å²) in [5, 5.41) is 9.76. The van der Waals surface area contributed by atoms with Gasteiger partial charge in [0.15, 0.2) is 0 Å². The molecule has 1 aromatic heterocycles. The van der Waals surface area contributed by atoms with Gasteiger partial charge in [0.1, 0.15) is 0 Å². The predicted molar refractivity (Wildman–Crippen MR) is 53.3 cm³/mol. The van der Waals surface area contributed by atoms with Gasteiger partial charge in [-0.3, -0.25) is 4.98 Å². The molecular weight excluding hydrogens is 162 g/mol. The fraction of sp³-hybridized carbons (Fsp3) is 0.545. The number of hydrogen-bond donors (Lipinski definition) is 1. The smallest absolute Gasteiger partial charge is 0.0962 e. The quantitative estimate of drug-likeness (QED) is 0.770. The second-order valence-corrected chi connectivity index (χ2v) is 3.52. The summed E-state index contributed by atoms with van der Waals surface area (Å²) >= 11 is 0. The van der Waals surface area contributed by atoms with Crippen LogP contribution in [0.2, 0.25) is 0 Å². The van der Waals surface area contributed by atoms with Gasteiger partial charge in [0.2, 0.25) is 0 Å². The Hall–Kier alpha value is -0.890. The Morgan fingerprint density at radius 3 is 2.77 bits per heavy atom. The van der Waals surface area contributed by atoms with Crippen molar-refractivity contribution in [1.82, 2.24) is 4.98 Å². The van der Waals surface area contributed by atoms with Crippen LogP contribution in [0.5, 0.6) is 0 Å². The Morgan fingerprint density at radius 1 is 1.46 bits per heavy atom. The number of nitrogens with zero attached hydrogens (tertiary/aromatic N) is 1. The number of rotatable bonds is 4. The Balaban J connectivity index is 2.53. The molecule has 2 unspecified atom stereocenters. The number of pyridine rings is 1. The second kappa shape index (κ2) is 4.97. The van der Waals surface area contributed by atoms with Gasteiger partial charge in [0, 0.05) is 6.20 Å². The predicted octanol–water partition coefficient (Wildman–Crippen LogP) is 2.55. The van der Waals surface area contributed by atoms with Crippen LogP contribution in [0.3, 0.4) is 0 Å². The Bertz CT molecular complexity index is 235. The fourth-order valence-corrected chi connectivity index (χ4v) is 1.24. The normalized spacial score (nSPS) is 15.3. The molecule has 0 aliphatic rings. The Labute approximate surface area is 79.6 Å². The van der Waals surface area contributed by atoms with Gasteiger partial charge in [-0.15, -0.1) is 0 Å². The summed E-state index contributed by atoms with van der Waals surface area (Å²) < 4.78 is 0. The summed E-state index contributed by atoms with van der Waals surface area (Å²) in [4.78, 5) is 4.12. The molecule has 2 nitrogen and oxygen atoms in total. The molecule has 0 saturated carbocycles. The lowest BCUT2D eigenvalue weighted by molar-refractivity contribution is 0.142. The van der Waals surface area contributed by atoms with Crippen molar-refractivity contribution >= 4 is 0 Å². The van der Waals surface area contributed by atoms with Gasteiger partial charge >= 0.3 is 0 Å². The van der Waals surface area contributed by atoms with Gasteiger partial charge in [0.05, 0.1) is 11.8 Å². The first kappa shape index (κ1) is 10.2. The van der Waals surface area contributed by atoms with Gasteiger partial charge in [-0.1, -0.05) is 26.3 Å². The lowest BCUT2D eigenvalue weighted by atomic mass is 9.99. The fourth-order valence-electron chi connectivity index (χ4n) is 1.24. The third-order valence-electron chi connectivity index (χ3n) is 2.35. The lowest BCUT2D eigenvalue weighted by Gasteiger charge is -2.13. The molecule has 0 radical (unpaired) electrons. The number of aliphatic hydroxyl groups excluding tert-OH is 1. The van der Waals surface area contributed by atoms with E-state index in [-0.39, 0.29) is 0 Å². The van der Waals surface area contributed by atoms with Crippen molar-refractivity contribution in [2.75, 3.05) is 0 Å². The maximum Gasteiger partial charge on any atom is 0.0962 e. The molecule has 0 aromatic carbocycles. The molecule has 0 aliphatic heterocycles. The number of hydrogen-bond acceptors (Lipinski definition) is 2. The number of aliphatic hydroxyl groups is 1. The maximum atomic E-state index is 9.76. The monoisotopic (exact) mass is 179 g/mol. The van der Waals surface area contributed by atoms with Crippen LogP contribution in [0.25, 0.3) is 0 Å². The van der Waals surface area contributed by atoms with E-state index in [9.17, 15) is 5.11 Å². The second-order valence-electron chi connectivity index (χ2n) is 3.52. The van der Waals surface area contributed by atoms with Gasteiger partial charge in [-0.2, -0.15) is 0 Å². The minimum absolute atomic E-state index is 0.406. The highest BCUT2D eigenvalue weighted by atomic mass is 16.3. The van der Waals surface area contributed by atoms with Crippen molar-refractivity contribution in [3.63, 3.8) is 0 Å². The summed E-state index contributed by atoms with van der Waals surface area (Å²) in [5.41, 5.74) is 0.780. The third-order valence-corrected chi connectivity index (χ3v) is 2.35. The molecule has 2 heteroatoms. The molecule has 0 spiro atoms. The van der Waals surface area contributed by atoms with Crippen LogP contribution in [0.4, 0.5) is 0 Å². The molecule has 0 fully saturated rings. The highest BCUT2D eigenvalue weighted by Gasteiger charge is 2.11. The van der Waals surface area contributed by atoms with E-state index >= 15 is 0 Å². The first-order valence-corrected chi connectivity index (χ1v) is 4.83. The van der Waals surface area contributed by atoms with E-state index in [2.05, 4.69) is 18.8 Å². The molecule has 2 atom stereocenters. The minimum Gasteiger partial charge on any atom is -0.387 e. The molecule has 1 N–H and O–H groups in total. The summed E-state index contributed by atoms with van der Waals surface area (Å²) in [5.74, 6) is 0.553. The van der Waals surface area contributed by atoms with Crippen molar-refractivity contribution in [2.24, 2.45) is 5.92 Å². The molecule has 1 heterocycles. The molecule has 72 valence electrons. The summed E-state index contributed by atoms with van der Waals surface area (Å²) in [6, 6.07) is 5.63. The standard InChI is InChI=1S/C11H17NO/c1-3-9(2)8-11(13)10-6-4-5-7-12-10/h4-7,9,11,13H,3,8H2,1-2H3. The molecular formula is C11H17NO. The Kier molecular flexibility index (Phi) is 3.90. The van der Waals surface area contributed by atoms with Crippen LogP contribution in [-0.4, -0.2) is 10.1 Å². The molecule has 13 heavy (non-hydrogen) atoms. The lowest BCUT2D eigenvalue weighted by Crippen LogP contribution is -2.05. The van der Waals surface area contributed by atoms with Crippen molar-refractivity contribution in [3.8, 4) is 0 Å². The zero-order valence-electron chi connectivity index (χ0n) is 8.27. The van der Waals surface area contributed by atoms with Crippen molar-refractivity contribution in [2.45, 2.75) is 32.8 Å². The SMILES string of the molecule is CCC(C)CC(O)c1ccccn1. The van der Waals surface area contributed by atoms with Gasteiger partial charge in [-0.05, 0) is 24.5 Å². The average Bonchev–Trinajstić information content (AvgIpc) is 2.19. The minimum atomic E-state index is -0.406. The molecule has 1 aromatic rings. The molecule has 0 aliphatic carbocycles. The summed E-state index contributed by atoms with van der Waals surface area (Å²) in [7, 11) is 0. The van der Waals surface area contributed by atoms with Gasteiger partial charge < -0.3 is 5.11 Å². The Morgan fingerprint density at radius 2 is 2.23 bits per heavy atom. The molecule has 0 bridgehead atoms. The van der Waals surface area contributed by atoms with Crippen LogP contribution >= 0.6 is 0 Å². The molecule has 1 rings (SSSR count). The zero-order chi connectivity index (χ0) is 9.68. The van der Waals surface area contributed by atoms with Gasteiger partial charge in [0.25, 0.3) is 0 Å². The van der Waals surface area contributed by atoms with Gasteiger partial charge in [-0.25, -0.2) is 0 Å². The average molecular weight is 179 g/mol. The van der Waals surface area contributed by atoms with E-state index in [1.165, 1.54) is 0 Å². The van der Waals surface area contributed by atoms with Crippen LogP contribution < -0.4 is 0 Å². The summed E-state index contributed by atoms with van der Waals surface area (Å²) in [6.45, 7) is 4.28. The van der Waals surface area contributed by atoms with E-state index in [1.807, 2.05) is 18.2 Å². The molecule has 0 amide bonds. The van der Waals surface area contributed by atoms with E-state index in [4.69, 9.17) is 0 Å². The third kappa shape index (κ3) is 3.15. The van der Waals surface area contributed by atoms with E-state index in [1.54, 1.807) is 6.20 Å².